The molecule has 0 spiro atoms. The number of carboxylic acids is 1. The van der Waals surface area contributed by atoms with Gasteiger partial charge in [0.1, 0.15) is 0 Å². The third kappa shape index (κ3) is 2.19. The fourth-order valence-corrected chi connectivity index (χ4v) is 1.81. The highest BCUT2D eigenvalue weighted by Gasteiger charge is 2.08. The Labute approximate surface area is 88.9 Å². The van der Waals surface area contributed by atoms with Gasteiger partial charge in [0.05, 0.1) is 5.56 Å². The summed E-state index contributed by atoms with van der Waals surface area (Å²) >= 11 is 0. The van der Waals surface area contributed by atoms with Gasteiger partial charge in [-0.25, -0.2) is 4.79 Å². The van der Waals surface area contributed by atoms with Crippen LogP contribution in [0.25, 0.3) is 0 Å². The number of rotatable bonds is 1. The summed E-state index contributed by atoms with van der Waals surface area (Å²) in [5.41, 5.74) is 2.76. The molecular weight excluding hydrogens is 188 g/mol. The van der Waals surface area contributed by atoms with Gasteiger partial charge in [-0.15, -0.1) is 11.8 Å². The van der Waals surface area contributed by atoms with E-state index in [4.69, 9.17) is 5.11 Å². The van der Waals surface area contributed by atoms with Crippen molar-refractivity contribution in [2.45, 2.75) is 25.7 Å². The van der Waals surface area contributed by atoms with Crippen molar-refractivity contribution in [1.82, 2.24) is 0 Å². The van der Waals surface area contributed by atoms with E-state index in [2.05, 4.69) is 11.8 Å². The number of aromatic carboxylic acids is 1. The zero-order chi connectivity index (χ0) is 10.7. The van der Waals surface area contributed by atoms with E-state index in [9.17, 15) is 4.79 Å². The van der Waals surface area contributed by atoms with Crippen molar-refractivity contribution in [3.05, 3.63) is 34.9 Å². The highest BCUT2D eigenvalue weighted by atomic mass is 16.4. The third-order valence-electron chi connectivity index (χ3n) is 2.62. The van der Waals surface area contributed by atoms with Crippen molar-refractivity contribution >= 4 is 5.97 Å². The number of hydrogen-bond donors (Lipinski definition) is 1. The van der Waals surface area contributed by atoms with Gasteiger partial charge in [-0.3, -0.25) is 0 Å². The van der Waals surface area contributed by atoms with Crippen LogP contribution in [0.15, 0.2) is 18.2 Å². The summed E-state index contributed by atoms with van der Waals surface area (Å²) in [6, 6.07) is 5.38. The van der Waals surface area contributed by atoms with Gasteiger partial charge in [0.25, 0.3) is 0 Å². The Morgan fingerprint density at radius 3 is 2.47 bits per heavy atom. The molecule has 2 nitrogen and oxygen atoms in total. The first-order chi connectivity index (χ1) is 7.27. The molecule has 0 fully saturated rings. The van der Waals surface area contributed by atoms with Crippen molar-refractivity contribution in [2.75, 3.05) is 0 Å². The van der Waals surface area contributed by atoms with E-state index in [-0.39, 0.29) is 0 Å². The molecule has 2 heteroatoms. The number of hydrogen-bond acceptors (Lipinski definition) is 1. The maximum atomic E-state index is 10.8. The molecule has 0 atom stereocenters. The first-order valence-corrected chi connectivity index (χ1v) is 5.08. The maximum absolute atomic E-state index is 10.8. The summed E-state index contributed by atoms with van der Waals surface area (Å²) in [7, 11) is 0. The summed E-state index contributed by atoms with van der Waals surface area (Å²) in [4.78, 5) is 10.8. The molecular formula is C13H12O2. The Kier molecular flexibility index (Phi) is 2.73. The number of carboxylic acid groups (broad SMARTS) is 1. The molecule has 1 aromatic carbocycles. The number of carbonyl (C=O) groups is 1. The number of fused-ring (bicyclic) bond motifs is 1. The predicted octanol–water partition coefficient (Wildman–Crippen LogP) is 2.27. The van der Waals surface area contributed by atoms with Crippen LogP contribution in [0.1, 0.15) is 34.3 Å². The van der Waals surface area contributed by atoms with E-state index >= 15 is 0 Å². The van der Waals surface area contributed by atoms with Crippen LogP contribution in [0.4, 0.5) is 0 Å². The number of aryl methyl sites for hydroxylation is 2. The second kappa shape index (κ2) is 4.18. The predicted molar refractivity (Wildman–Crippen MR) is 57.8 cm³/mol. The van der Waals surface area contributed by atoms with Gasteiger partial charge in [-0.2, -0.15) is 0 Å². The molecule has 0 unspecified atom stereocenters. The topological polar surface area (TPSA) is 37.3 Å². The smallest absolute Gasteiger partial charge is 0.335 e. The number of benzene rings is 1. The van der Waals surface area contributed by atoms with Crippen LogP contribution in [0, 0.1) is 11.8 Å². The molecule has 1 N–H and O–H groups in total. The fourth-order valence-electron chi connectivity index (χ4n) is 1.81. The van der Waals surface area contributed by atoms with Crippen molar-refractivity contribution < 1.29 is 9.90 Å². The summed E-state index contributed by atoms with van der Waals surface area (Å²) in [5.74, 6) is 5.32. The maximum Gasteiger partial charge on any atom is 0.335 e. The van der Waals surface area contributed by atoms with Crippen molar-refractivity contribution in [2.24, 2.45) is 0 Å². The lowest BCUT2D eigenvalue weighted by atomic mass is 9.95. The first kappa shape index (κ1) is 9.79. The van der Waals surface area contributed by atoms with Crippen LogP contribution in [0.3, 0.4) is 0 Å². The van der Waals surface area contributed by atoms with Crippen molar-refractivity contribution in [1.29, 1.82) is 0 Å². The molecule has 0 saturated carbocycles. The third-order valence-corrected chi connectivity index (χ3v) is 2.62. The summed E-state index contributed by atoms with van der Waals surface area (Å²) in [5, 5.41) is 8.88. The molecule has 0 bridgehead atoms. The molecule has 0 radical (unpaired) electrons. The molecule has 0 aromatic heterocycles. The van der Waals surface area contributed by atoms with Crippen LogP contribution < -0.4 is 0 Å². The Hall–Kier alpha value is -1.75. The zero-order valence-electron chi connectivity index (χ0n) is 8.42. The Balaban J connectivity index is 2.36. The Morgan fingerprint density at radius 1 is 1.13 bits per heavy atom. The monoisotopic (exact) mass is 200 g/mol. The van der Waals surface area contributed by atoms with Crippen LogP contribution >= 0.6 is 0 Å². The molecule has 0 amide bonds. The summed E-state index contributed by atoms with van der Waals surface area (Å²) in [6.07, 6.45) is 3.50. The minimum Gasteiger partial charge on any atom is -0.478 e. The van der Waals surface area contributed by atoms with E-state index in [1.54, 1.807) is 12.1 Å². The van der Waals surface area contributed by atoms with Gasteiger partial charge >= 0.3 is 5.97 Å². The molecule has 1 aliphatic rings. The molecule has 1 aliphatic carbocycles. The molecule has 0 heterocycles. The zero-order valence-corrected chi connectivity index (χ0v) is 8.42. The van der Waals surface area contributed by atoms with Crippen LogP contribution in [0.2, 0.25) is 0 Å². The Bertz CT molecular complexity index is 449. The van der Waals surface area contributed by atoms with E-state index in [0.29, 0.717) is 5.56 Å². The summed E-state index contributed by atoms with van der Waals surface area (Å²) in [6.45, 7) is 0. The lowest BCUT2D eigenvalue weighted by molar-refractivity contribution is 0.0697. The minimum absolute atomic E-state index is 0.377. The van der Waals surface area contributed by atoms with Crippen molar-refractivity contribution in [3.63, 3.8) is 0 Å². The molecule has 1 aromatic rings. The SMILES string of the molecule is O=C(O)c1ccc2c(c1)CCC#CCC2. The average molecular weight is 200 g/mol. The van der Waals surface area contributed by atoms with Crippen LogP contribution in [0.5, 0.6) is 0 Å². The van der Waals surface area contributed by atoms with Gasteiger partial charge in [0, 0.05) is 12.8 Å². The lowest BCUT2D eigenvalue weighted by Crippen LogP contribution is -2.02. The van der Waals surface area contributed by atoms with Gasteiger partial charge in [0.15, 0.2) is 0 Å². The fraction of sp³-hybridized carbons (Fsp3) is 0.308. The van der Waals surface area contributed by atoms with E-state index in [1.807, 2.05) is 6.07 Å². The molecule has 0 aliphatic heterocycles. The second-order valence-electron chi connectivity index (χ2n) is 3.64. The van der Waals surface area contributed by atoms with E-state index < -0.39 is 5.97 Å². The molecule has 0 saturated heterocycles. The van der Waals surface area contributed by atoms with Gasteiger partial charge < -0.3 is 5.11 Å². The van der Waals surface area contributed by atoms with E-state index in [0.717, 1.165) is 31.2 Å². The summed E-state index contributed by atoms with van der Waals surface area (Å²) < 4.78 is 0. The standard InChI is InChI=1S/C13H12O2/c14-13(15)12-8-7-10-5-3-1-2-4-6-11(10)9-12/h7-9H,3-6H2,(H,14,15). The van der Waals surface area contributed by atoms with E-state index in [1.165, 1.54) is 5.56 Å². The van der Waals surface area contributed by atoms with Gasteiger partial charge in [0.2, 0.25) is 0 Å². The highest BCUT2D eigenvalue weighted by Crippen LogP contribution is 2.17. The second-order valence-corrected chi connectivity index (χ2v) is 3.64. The largest absolute Gasteiger partial charge is 0.478 e. The van der Waals surface area contributed by atoms with Gasteiger partial charge in [-0.1, -0.05) is 6.07 Å². The van der Waals surface area contributed by atoms with Crippen molar-refractivity contribution in [3.8, 4) is 11.8 Å². The first-order valence-electron chi connectivity index (χ1n) is 5.08. The molecule has 76 valence electrons. The quantitative estimate of drug-likeness (QED) is 0.706. The normalized spacial score (nSPS) is 14.1. The highest BCUT2D eigenvalue weighted by molar-refractivity contribution is 5.87. The minimum atomic E-state index is -0.856. The Morgan fingerprint density at radius 2 is 1.80 bits per heavy atom. The van der Waals surface area contributed by atoms with Crippen LogP contribution in [-0.4, -0.2) is 11.1 Å². The van der Waals surface area contributed by atoms with Gasteiger partial charge in [-0.05, 0) is 36.1 Å². The average Bonchev–Trinajstić information content (AvgIpc) is 2.18. The lowest BCUT2D eigenvalue weighted by Gasteiger charge is -2.09. The van der Waals surface area contributed by atoms with Crippen LogP contribution in [-0.2, 0) is 12.8 Å². The molecule has 15 heavy (non-hydrogen) atoms. The molecule has 2 rings (SSSR count).